The van der Waals surface area contributed by atoms with E-state index in [-0.39, 0.29) is 0 Å². The van der Waals surface area contributed by atoms with E-state index < -0.39 is 0 Å². The number of nitrogens with one attached hydrogen (secondary N) is 1. The highest BCUT2D eigenvalue weighted by Gasteiger charge is 2.25. The van der Waals surface area contributed by atoms with Gasteiger partial charge in [0.2, 0.25) is 0 Å². The second-order valence-corrected chi connectivity index (χ2v) is 5.95. The van der Waals surface area contributed by atoms with Gasteiger partial charge in [0.1, 0.15) is 0 Å². The van der Waals surface area contributed by atoms with Crippen LogP contribution >= 0.6 is 0 Å². The van der Waals surface area contributed by atoms with E-state index in [4.69, 9.17) is 0 Å². The summed E-state index contributed by atoms with van der Waals surface area (Å²) in [6, 6.07) is 0.623. The highest BCUT2D eigenvalue weighted by Crippen LogP contribution is 2.33. The topological polar surface area (TPSA) is 12.0 Å². The SMILES string of the molecule is C/C=C\C(C)(CCCCC)CC(NC)C(C)C. The molecule has 0 radical (unpaired) electrons. The molecule has 0 rings (SSSR count). The number of allylic oxidation sites excluding steroid dienone is 2. The van der Waals surface area contributed by atoms with Crippen LogP contribution in [0.2, 0.25) is 0 Å². The van der Waals surface area contributed by atoms with Crippen LogP contribution in [-0.2, 0) is 0 Å². The molecule has 0 aliphatic rings. The molecule has 2 atom stereocenters. The molecule has 0 spiro atoms. The average molecular weight is 239 g/mol. The largest absolute Gasteiger partial charge is 0.317 e. The molecule has 0 saturated heterocycles. The normalized spacial score (nSPS) is 17.6. The Morgan fingerprint density at radius 1 is 1.24 bits per heavy atom. The van der Waals surface area contributed by atoms with Gasteiger partial charge in [0.15, 0.2) is 0 Å². The van der Waals surface area contributed by atoms with E-state index in [2.05, 4.69) is 59.1 Å². The molecule has 2 unspecified atom stereocenters. The Kier molecular flexibility index (Phi) is 8.59. The van der Waals surface area contributed by atoms with E-state index in [0.717, 1.165) is 0 Å². The minimum absolute atomic E-state index is 0.363. The van der Waals surface area contributed by atoms with Crippen LogP contribution in [0.1, 0.15) is 66.7 Å². The third-order valence-corrected chi connectivity index (χ3v) is 3.78. The van der Waals surface area contributed by atoms with E-state index in [1.807, 2.05) is 0 Å². The Hall–Kier alpha value is -0.300. The molecule has 0 fully saturated rings. The molecule has 0 aromatic heterocycles. The maximum Gasteiger partial charge on any atom is 0.00952 e. The van der Waals surface area contributed by atoms with Gasteiger partial charge in [-0.3, -0.25) is 0 Å². The van der Waals surface area contributed by atoms with Gasteiger partial charge >= 0.3 is 0 Å². The standard InChI is InChI=1S/C16H33N/c1-7-9-10-12-16(5,11-8-2)13-15(17-6)14(3)4/h8,11,14-15,17H,7,9-10,12-13H2,1-6H3/b11-8-. The summed E-state index contributed by atoms with van der Waals surface area (Å²) in [5, 5.41) is 3.47. The lowest BCUT2D eigenvalue weighted by Gasteiger charge is -2.33. The number of hydrogen-bond acceptors (Lipinski definition) is 1. The summed E-state index contributed by atoms with van der Waals surface area (Å²) in [7, 11) is 2.09. The van der Waals surface area contributed by atoms with Crippen LogP contribution in [0.15, 0.2) is 12.2 Å². The quantitative estimate of drug-likeness (QED) is 0.451. The van der Waals surface area contributed by atoms with Crippen molar-refractivity contribution in [3.63, 3.8) is 0 Å². The highest BCUT2D eigenvalue weighted by atomic mass is 14.9. The Labute approximate surface area is 109 Å². The first-order chi connectivity index (χ1) is 7.99. The van der Waals surface area contributed by atoms with Crippen molar-refractivity contribution in [2.24, 2.45) is 11.3 Å². The number of hydrogen-bond donors (Lipinski definition) is 1. The Balaban J connectivity index is 4.47. The fourth-order valence-corrected chi connectivity index (χ4v) is 2.61. The molecule has 0 amide bonds. The molecule has 0 aliphatic carbocycles. The average Bonchev–Trinajstić information content (AvgIpc) is 2.26. The maximum absolute atomic E-state index is 3.47. The van der Waals surface area contributed by atoms with Crippen molar-refractivity contribution in [1.82, 2.24) is 5.32 Å². The molecule has 0 aromatic rings. The van der Waals surface area contributed by atoms with Gasteiger partial charge in [-0.2, -0.15) is 0 Å². The molecule has 0 aliphatic heterocycles. The monoisotopic (exact) mass is 239 g/mol. The van der Waals surface area contributed by atoms with E-state index in [0.29, 0.717) is 17.4 Å². The van der Waals surface area contributed by atoms with Crippen molar-refractivity contribution in [3.05, 3.63) is 12.2 Å². The van der Waals surface area contributed by atoms with Crippen LogP contribution in [-0.4, -0.2) is 13.1 Å². The molecule has 0 bridgehead atoms. The molecule has 17 heavy (non-hydrogen) atoms. The van der Waals surface area contributed by atoms with E-state index in [9.17, 15) is 0 Å². The third-order valence-electron chi connectivity index (χ3n) is 3.78. The summed E-state index contributed by atoms with van der Waals surface area (Å²) in [6.07, 6.45) is 11.2. The second-order valence-electron chi connectivity index (χ2n) is 5.95. The third kappa shape index (κ3) is 6.88. The van der Waals surface area contributed by atoms with E-state index in [1.165, 1.54) is 32.1 Å². The van der Waals surface area contributed by atoms with Crippen LogP contribution in [0.4, 0.5) is 0 Å². The van der Waals surface area contributed by atoms with E-state index in [1.54, 1.807) is 0 Å². The van der Waals surface area contributed by atoms with Gasteiger partial charge in [-0.15, -0.1) is 0 Å². The summed E-state index contributed by atoms with van der Waals surface area (Å²) in [5.74, 6) is 0.704. The lowest BCUT2D eigenvalue weighted by Crippen LogP contribution is -2.35. The van der Waals surface area contributed by atoms with Gasteiger partial charge < -0.3 is 5.32 Å². The number of unbranched alkanes of at least 4 members (excludes halogenated alkanes) is 2. The molecule has 1 N–H and O–H groups in total. The van der Waals surface area contributed by atoms with Gasteiger partial charge in [0, 0.05) is 6.04 Å². The maximum atomic E-state index is 3.47. The zero-order chi connectivity index (χ0) is 13.3. The molecular formula is C16H33N. The summed E-state index contributed by atoms with van der Waals surface area (Å²) >= 11 is 0. The van der Waals surface area contributed by atoms with E-state index >= 15 is 0 Å². The first-order valence-electron chi connectivity index (χ1n) is 7.30. The predicted octanol–water partition coefficient (Wildman–Crippen LogP) is 4.78. The molecular weight excluding hydrogens is 206 g/mol. The molecule has 1 heteroatoms. The van der Waals surface area contributed by atoms with Gasteiger partial charge in [-0.1, -0.05) is 59.1 Å². The van der Waals surface area contributed by atoms with Crippen LogP contribution < -0.4 is 5.32 Å². The molecule has 0 heterocycles. The summed E-state index contributed by atoms with van der Waals surface area (Å²) in [4.78, 5) is 0. The van der Waals surface area contributed by atoms with Crippen molar-refractivity contribution >= 4 is 0 Å². The lowest BCUT2D eigenvalue weighted by molar-refractivity contribution is 0.262. The van der Waals surface area contributed by atoms with Gasteiger partial charge in [0.25, 0.3) is 0 Å². The van der Waals surface area contributed by atoms with Crippen LogP contribution in [0.3, 0.4) is 0 Å². The van der Waals surface area contributed by atoms with Crippen molar-refractivity contribution < 1.29 is 0 Å². The van der Waals surface area contributed by atoms with Crippen molar-refractivity contribution in [1.29, 1.82) is 0 Å². The van der Waals surface area contributed by atoms with Crippen molar-refractivity contribution in [3.8, 4) is 0 Å². The van der Waals surface area contributed by atoms with Crippen molar-refractivity contribution in [2.75, 3.05) is 7.05 Å². The Morgan fingerprint density at radius 2 is 1.88 bits per heavy atom. The minimum Gasteiger partial charge on any atom is -0.317 e. The Bertz CT molecular complexity index is 208. The molecule has 0 aromatic carbocycles. The summed E-state index contributed by atoms with van der Waals surface area (Å²) < 4.78 is 0. The van der Waals surface area contributed by atoms with Gasteiger partial charge in [0.05, 0.1) is 0 Å². The number of rotatable bonds is 9. The first-order valence-corrected chi connectivity index (χ1v) is 7.30. The van der Waals surface area contributed by atoms with Gasteiger partial charge in [-0.05, 0) is 38.1 Å². The lowest BCUT2D eigenvalue weighted by atomic mass is 9.76. The van der Waals surface area contributed by atoms with Crippen LogP contribution in [0.5, 0.6) is 0 Å². The summed E-state index contributed by atoms with van der Waals surface area (Å²) in [6.45, 7) is 11.4. The fourth-order valence-electron chi connectivity index (χ4n) is 2.61. The van der Waals surface area contributed by atoms with Crippen molar-refractivity contribution in [2.45, 2.75) is 72.8 Å². The molecule has 1 nitrogen and oxygen atoms in total. The predicted molar refractivity (Wildman–Crippen MR) is 79.4 cm³/mol. The molecule has 102 valence electrons. The summed E-state index contributed by atoms with van der Waals surface area (Å²) in [5.41, 5.74) is 0.363. The molecule has 0 saturated carbocycles. The van der Waals surface area contributed by atoms with Crippen LogP contribution in [0.25, 0.3) is 0 Å². The minimum atomic E-state index is 0.363. The fraction of sp³-hybridized carbons (Fsp3) is 0.875. The zero-order valence-electron chi connectivity index (χ0n) is 12.8. The van der Waals surface area contributed by atoms with Crippen LogP contribution in [0, 0.1) is 11.3 Å². The van der Waals surface area contributed by atoms with Gasteiger partial charge in [-0.25, -0.2) is 0 Å². The highest BCUT2D eigenvalue weighted by molar-refractivity contribution is 4.98. The smallest absolute Gasteiger partial charge is 0.00952 e. The second kappa shape index (κ2) is 8.74. The Morgan fingerprint density at radius 3 is 2.29 bits per heavy atom. The zero-order valence-corrected chi connectivity index (χ0v) is 12.8. The first kappa shape index (κ1) is 16.7.